The standard InChI is InChI=1S/C21H24N2O2S/c1-4-25-19-9-7-18(8-10-19)22-21-23(11-12-26-21)14-20(24)17-6-5-15(2)16(3)13-17/h5-10,13H,4,11-12,14H2,1-3H3. The lowest BCUT2D eigenvalue weighted by Gasteiger charge is -2.17. The molecule has 1 fully saturated rings. The molecular weight excluding hydrogens is 344 g/mol. The molecule has 136 valence electrons. The third-order valence-corrected chi connectivity index (χ3v) is 5.39. The quantitative estimate of drug-likeness (QED) is 0.698. The van der Waals surface area contributed by atoms with Crippen molar-refractivity contribution >= 4 is 28.4 Å². The van der Waals surface area contributed by atoms with Crippen molar-refractivity contribution in [2.24, 2.45) is 4.99 Å². The first-order chi connectivity index (χ1) is 12.6. The molecule has 0 unspecified atom stereocenters. The Morgan fingerprint density at radius 3 is 2.62 bits per heavy atom. The largest absolute Gasteiger partial charge is 0.494 e. The monoisotopic (exact) mass is 368 g/mol. The summed E-state index contributed by atoms with van der Waals surface area (Å²) in [6.07, 6.45) is 0. The number of carbonyl (C=O) groups is 1. The van der Waals surface area contributed by atoms with Gasteiger partial charge in [0.25, 0.3) is 0 Å². The van der Waals surface area contributed by atoms with Crippen LogP contribution in [0.3, 0.4) is 0 Å². The van der Waals surface area contributed by atoms with Crippen LogP contribution in [0.15, 0.2) is 47.5 Å². The van der Waals surface area contributed by atoms with Crippen LogP contribution in [0.1, 0.15) is 28.4 Å². The summed E-state index contributed by atoms with van der Waals surface area (Å²) in [4.78, 5) is 19.4. The summed E-state index contributed by atoms with van der Waals surface area (Å²) in [6.45, 7) is 7.92. The molecule has 1 heterocycles. The molecule has 0 aliphatic carbocycles. The van der Waals surface area contributed by atoms with Crippen LogP contribution in [0.5, 0.6) is 5.75 Å². The Morgan fingerprint density at radius 1 is 1.15 bits per heavy atom. The van der Waals surface area contributed by atoms with Gasteiger partial charge in [-0.1, -0.05) is 23.9 Å². The highest BCUT2D eigenvalue weighted by Gasteiger charge is 2.22. The van der Waals surface area contributed by atoms with Crippen LogP contribution in [-0.4, -0.2) is 41.3 Å². The molecule has 2 aromatic rings. The zero-order chi connectivity index (χ0) is 18.5. The molecule has 5 heteroatoms. The number of aliphatic imine (C=N–C) groups is 1. The van der Waals surface area contributed by atoms with Crippen molar-refractivity contribution in [2.45, 2.75) is 20.8 Å². The Hall–Kier alpha value is -2.27. The van der Waals surface area contributed by atoms with Crippen molar-refractivity contribution in [2.75, 3.05) is 25.4 Å². The van der Waals surface area contributed by atoms with E-state index in [2.05, 4.69) is 11.8 Å². The fraction of sp³-hybridized carbons (Fsp3) is 0.333. The van der Waals surface area contributed by atoms with Crippen LogP contribution in [0.4, 0.5) is 5.69 Å². The van der Waals surface area contributed by atoms with Gasteiger partial charge in [0.05, 0.1) is 18.8 Å². The van der Waals surface area contributed by atoms with Gasteiger partial charge in [0.15, 0.2) is 11.0 Å². The molecule has 4 nitrogen and oxygen atoms in total. The van der Waals surface area contributed by atoms with Gasteiger partial charge >= 0.3 is 0 Å². The highest BCUT2D eigenvalue weighted by Crippen LogP contribution is 2.25. The average Bonchev–Trinajstić information content (AvgIpc) is 3.06. The highest BCUT2D eigenvalue weighted by atomic mass is 32.2. The topological polar surface area (TPSA) is 41.9 Å². The molecule has 0 radical (unpaired) electrons. The van der Waals surface area contributed by atoms with Gasteiger partial charge in [-0.2, -0.15) is 0 Å². The van der Waals surface area contributed by atoms with Crippen LogP contribution < -0.4 is 4.74 Å². The Kier molecular flexibility index (Phi) is 5.99. The van der Waals surface area contributed by atoms with Gasteiger partial charge in [0.2, 0.25) is 0 Å². The molecule has 0 spiro atoms. The van der Waals surface area contributed by atoms with Crippen LogP contribution in [0, 0.1) is 13.8 Å². The fourth-order valence-electron chi connectivity index (χ4n) is 2.76. The van der Waals surface area contributed by atoms with Crippen LogP contribution >= 0.6 is 11.8 Å². The molecule has 26 heavy (non-hydrogen) atoms. The van der Waals surface area contributed by atoms with Crippen molar-refractivity contribution in [3.8, 4) is 5.75 Å². The van der Waals surface area contributed by atoms with E-state index in [1.54, 1.807) is 11.8 Å². The number of hydrogen-bond donors (Lipinski definition) is 0. The Balaban J connectivity index is 1.71. The smallest absolute Gasteiger partial charge is 0.182 e. The number of hydrogen-bond acceptors (Lipinski definition) is 4. The first-order valence-corrected chi connectivity index (χ1v) is 9.85. The lowest BCUT2D eigenvalue weighted by molar-refractivity contribution is 0.0966. The number of benzene rings is 2. The molecule has 0 bridgehead atoms. The lowest BCUT2D eigenvalue weighted by atomic mass is 10.0. The van der Waals surface area contributed by atoms with E-state index in [0.29, 0.717) is 13.2 Å². The minimum absolute atomic E-state index is 0.134. The van der Waals surface area contributed by atoms with Gasteiger partial charge in [0.1, 0.15) is 5.75 Å². The van der Waals surface area contributed by atoms with E-state index in [1.807, 2.05) is 56.3 Å². The molecule has 1 aliphatic rings. The van der Waals surface area contributed by atoms with E-state index < -0.39 is 0 Å². The SMILES string of the molecule is CCOc1ccc(N=C2SCCN2CC(=O)c2ccc(C)c(C)c2)cc1. The molecule has 1 aliphatic heterocycles. The maximum atomic E-state index is 12.7. The van der Waals surface area contributed by atoms with Crippen LogP contribution in [-0.2, 0) is 0 Å². The number of rotatable bonds is 6. The zero-order valence-corrected chi connectivity index (χ0v) is 16.3. The van der Waals surface area contributed by atoms with E-state index in [0.717, 1.165) is 40.0 Å². The summed E-state index contributed by atoms with van der Waals surface area (Å²) >= 11 is 1.69. The molecule has 3 rings (SSSR count). The van der Waals surface area contributed by atoms with Crippen LogP contribution in [0.25, 0.3) is 0 Å². The number of carbonyl (C=O) groups excluding carboxylic acids is 1. The number of nitrogens with zero attached hydrogens (tertiary/aromatic N) is 2. The number of amidine groups is 1. The first kappa shape index (κ1) is 18.5. The van der Waals surface area contributed by atoms with Crippen LogP contribution in [0.2, 0.25) is 0 Å². The summed E-state index contributed by atoms with van der Waals surface area (Å²) in [5.41, 5.74) is 4.00. The van der Waals surface area contributed by atoms with Gasteiger partial charge in [0, 0.05) is 17.9 Å². The highest BCUT2D eigenvalue weighted by molar-refractivity contribution is 8.14. The predicted octanol–water partition coefficient (Wildman–Crippen LogP) is 4.62. The second-order valence-electron chi connectivity index (χ2n) is 6.31. The van der Waals surface area contributed by atoms with Gasteiger partial charge < -0.3 is 9.64 Å². The molecule has 0 saturated carbocycles. The van der Waals surface area contributed by atoms with Crippen molar-refractivity contribution in [1.82, 2.24) is 4.90 Å². The number of ether oxygens (including phenoxy) is 1. The predicted molar refractivity (Wildman–Crippen MR) is 109 cm³/mol. The number of Topliss-reactive ketones (excluding diaryl/α,β-unsaturated/α-hetero) is 1. The van der Waals surface area contributed by atoms with E-state index >= 15 is 0 Å². The van der Waals surface area contributed by atoms with Crippen molar-refractivity contribution < 1.29 is 9.53 Å². The van der Waals surface area contributed by atoms with Gasteiger partial charge in [-0.05, 0) is 62.2 Å². The summed E-state index contributed by atoms with van der Waals surface area (Å²) in [5.74, 6) is 1.93. The second-order valence-corrected chi connectivity index (χ2v) is 7.38. The van der Waals surface area contributed by atoms with Gasteiger partial charge in [-0.3, -0.25) is 4.79 Å². The third-order valence-electron chi connectivity index (χ3n) is 4.40. The average molecular weight is 369 g/mol. The summed E-state index contributed by atoms with van der Waals surface area (Å²) in [5, 5.41) is 0.909. The number of ketones is 1. The summed E-state index contributed by atoms with van der Waals surface area (Å²) in [7, 11) is 0. The first-order valence-electron chi connectivity index (χ1n) is 8.86. The normalized spacial score (nSPS) is 15.5. The van der Waals surface area contributed by atoms with Crippen molar-refractivity contribution in [3.63, 3.8) is 0 Å². The molecule has 0 atom stereocenters. The van der Waals surface area contributed by atoms with E-state index in [4.69, 9.17) is 9.73 Å². The molecule has 1 saturated heterocycles. The molecule has 2 aromatic carbocycles. The lowest BCUT2D eigenvalue weighted by Crippen LogP contribution is -2.30. The molecule has 0 aromatic heterocycles. The molecule has 0 N–H and O–H groups in total. The maximum Gasteiger partial charge on any atom is 0.182 e. The minimum Gasteiger partial charge on any atom is -0.494 e. The fourth-order valence-corrected chi connectivity index (χ4v) is 3.76. The van der Waals surface area contributed by atoms with E-state index in [9.17, 15) is 4.79 Å². The third kappa shape index (κ3) is 4.47. The maximum absolute atomic E-state index is 12.7. The number of thioether (sulfide) groups is 1. The Labute approximate surface area is 159 Å². The zero-order valence-electron chi connectivity index (χ0n) is 15.5. The molecule has 0 amide bonds. The Bertz CT molecular complexity index is 815. The molecular formula is C21H24N2O2S. The van der Waals surface area contributed by atoms with Crippen molar-refractivity contribution in [3.05, 3.63) is 59.2 Å². The summed E-state index contributed by atoms with van der Waals surface area (Å²) < 4.78 is 5.46. The second kappa shape index (κ2) is 8.41. The van der Waals surface area contributed by atoms with Gasteiger partial charge in [-0.15, -0.1) is 0 Å². The van der Waals surface area contributed by atoms with E-state index in [-0.39, 0.29) is 5.78 Å². The van der Waals surface area contributed by atoms with Crippen molar-refractivity contribution in [1.29, 1.82) is 0 Å². The Morgan fingerprint density at radius 2 is 1.92 bits per heavy atom. The minimum atomic E-state index is 0.134. The summed E-state index contributed by atoms with van der Waals surface area (Å²) in [6, 6.07) is 13.6. The van der Waals surface area contributed by atoms with Gasteiger partial charge in [-0.25, -0.2) is 4.99 Å². The number of aryl methyl sites for hydroxylation is 2. The van der Waals surface area contributed by atoms with E-state index in [1.165, 1.54) is 5.56 Å².